The number of rotatable bonds is 5. The second-order valence-corrected chi connectivity index (χ2v) is 7.01. The van der Waals surface area contributed by atoms with Crippen molar-refractivity contribution in [3.05, 3.63) is 88.3 Å². The minimum atomic E-state index is -0.386. The molecule has 7 heteroatoms. The van der Waals surface area contributed by atoms with Gasteiger partial charge >= 0.3 is 0 Å². The van der Waals surface area contributed by atoms with Crippen molar-refractivity contribution in [2.45, 2.75) is 6.61 Å². The third-order valence-electron chi connectivity index (χ3n) is 4.29. The van der Waals surface area contributed by atoms with Crippen LogP contribution in [0.5, 0.6) is 0 Å². The van der Waals surface area contributed by atoms with E-state index in [1.54, 1.807) is 54.6 Å². The third kappa shape index (κ3) is 4.07. The lowest BCUT2D eigenvalue weighted by molar-refractivity contribution is 0.0997. The Kier molecular flexibility index (Phi) is 5.45. The highest BCUT2D eigenvalue weighted by atomic mass is 35.5. The molecule has 2 aromatic carbocycles. The minimum Gasteiger partial charge on any atom is -0.459 e. The van der Waals surface area contributed by atoms with Crippen LogP contribution in [0.1, 0.15) is 16.3 Å². The lowest BCUT2D eigenvalue weighted by Crippen LogP contribution is -2.10. The van der Waals surface area contributed by atoms with Crippen molar-refractivity contribution in [2.24, 2.45) is 0 Å². The Bertz CT molecular complexity index is 1160. The van der Waals surface area contributed by atoms with Crippen LogP contribution in [0.2, 0.25) is 10.0 Å². The summed E-state index contributed by atoms with van der Waals surface area (Å²) in [6, 6.07) is 19.1. The monoisotopic (exact) mass is 427 g/mol. The molecule has 0 aliphatic carbocycles. The molecule has 0 unspecified atom stereocenters. The molecule has 0 radical (unpaired) electrons. The first kappa shape index (κ1) is 19.3. The van der Waals surface area contributed by atoms with E-state index in [-0.39, 0.29) is 18.3 Å². The summed E-state index contributed by atoms with van der Waals surface area (Å²) in [4.78, 5) is 12.5. The fraction of sp³-hybridized carbons (Fsp3) is 0.0455. The molecule has 29 heavy (non-hydrogen) atoms. The Hall–Kier alpha value is -2.99. The number of aliphatic hydroxyl groups is 1. The maximum Gasteiger partial charge on any atom is 0.291 e. The predicted molar refractivity (Wildman–Crippen MR) is 112 cm³/mol. The molecule has 0 fully saturated rings. The first-order chi connectivity index (χ1) is 14.0. The lowest BCUT2D eigenvalue weighted by Gasteiger charge is -2.05. The number of carbonyl (C=O) groups excluding carboxylic acids is 1. The summed E-state index contributed by atoms with van der Waals surface area (Å²) < 4.78 is 11.2. The largest absolute Gasteiger partial charge is 0.459 e. The van der Waals surface area contributed by atoms with Gasteiger partial charge in [0.1, 0.15) is 23.9 Å². The van der Waals surface area contributed by atoms with Gasteiger partial charge in [-0.2, -0.15) is 0 Å². The number of nitrogens with one attached hydrogen (secondary N) is 1. The smallest absolute Gasteiger partial charge is 0.291 e. The standard InChI is InChI=1S/C22H15Cl2NO4/c23-17-3-1-2-16(21(17)24)19-10-11-20(29-19)22(27)25-14-6-4-13(5-7-14)18-9-8-15(12-26)28-18/h1-11,26H,12H2,(H,25,27). The Morgan fingerprint density at radius 3 is 2.38 bits per heavy atom. The highest BCUT2D eigenvalue weighted by molar-refractivity contribution is 6.43. The van der Waals surface area contributed by atoms with Gasteiger partial charge in [-0.15, -0.1) is 0 Å². The number of anilines is 1. The van der Waals surface area contributed by atoms with Gasteiger partial charge in [0.15, 0.2) is 5.76 Å². The van der Waals surface area contributed by atoms with E-state index in [1.807, 2.05) is 12.1 Å². The van der Waals surface area contributed by atoms with E-state index in [1.165, 1.54) is 0 Å². The number of furan rings is 2. The van der Waals surface area contributed by atoms with Crippen LogP contribution >= 0.6 is 23.2 Å². The van der Waals surface area contributed by atoms with E-state index in [9.17, 15) is 4.79 Å². The van der Waals surface area contributed by atoms with Crippen molar-refractivity contribution in [3.63, 3.8) is 0 Å². The summed E-state index contributed by atoms with van der Waals surface area (Å²) in [6.45, 7) is -0.153. The minimum absolute atomic E-state index is 0.152. The van der Waals surface area contributed by atoms with Crippen LogP contribution in [0.3, 0.4) is 0 Å². The van der Waals surface area contributed by atoms with Crippen molar-refractivity contribution < 1.29 is 18.7 Å². The maximum absolute atomic E-state index is 12.5. The van der Waals surface area contributed by atoms with Gasteiger partial charge in [0.25, 0.3) is 5.91 Å². The van der Waals surface area contributed by atoms with E-state index >= 15 is 0 Å². The SMILES string of the molecule is O=C(Nc1ccc(-c2ccc(CO)o2)cc1)c1ccc(-c2cccc(Cl)c2Cl)o1. The molecule has 0 atom stereocenters. The molecule has 0 bridgehead atoms. The number of hydrogen-bond acceptors (Lipinski definition) is 4. The summed E-state index contributed by atoms with van der Waals surface area (Å²) in [6.07, 6.45) is 0. The van der Waals surface area contributed by atoms with Crippen molar-refractivity contribution in [1.29, 1.82) is 0 Å². The van der Waals surface area contributed by atoms with Gasteiger partial charge in [0.05, 0.1) is 10.0 Å². The normalized spacial score (nSPS) is 10.9. The lowest BCUT2D eigenvalue weighted by atomic mass is 10.1. The van der Waals surface area contributed by atoms with E-state index in [0.717, 1.165) is 5.56 Å². The van der Waals surface area contributed by atoms with E-state index < -0.39 is 0 Å². The zero-order valence-corrected chi connectivity index (χ0v) is 16.5. The van der Waals surface area contributed by atoms with Gasteiger partial charge in [0.2, 0.25) is 0 Å². The molecule has 146 valence electrons. The van der Waals surface area contributed by atoms with Gasteiger partial charge in [-0.1, -0.05) is 29.3 Å². The molecule has 4 rings (SSSR count). The predicted octanol–water partition coefficient (Wildman–Crippen LogP) is 6.26. The summed E-state index contributed by atoms with van der Waals surface area (Å²) in [5.41, 5.74) is 2.05. The summed E-state index contributed by atoms with van der Waals surface area (Å²) in [5, 5.41) is 12.7. The van der Waals surface area contributed by atoms with Crippen molar-refractivity contribution in [2.75, 3.05) is 5.32 Å². The molecule has 4 aromatic rings. The average molecular weight is 428 g/mol. The highest BCUT2D eigenvalue weighted by Crippen LogP contribution is 2.34. The average Bonchev–Trinajstić information content (AvgIpc) is 3.40. The maximum atomic E-state index is 12.5. The molecular formula is C22H15Cl2NO4. The van der Waals surface area contributed by atoms with Crippen molar-refractivity contribution in [1.82, 2.24) is 0 Å². The number of hydrogen-bond donors (Lipinski definition) is 2. The van der Waals surface area contributed by atoms with Gasteiger partial charge in [-0.25, -0.2) is 0 Å². The topological polar surface area (TPSA) is 75.6 Å². The second-order valence-electron chi connectivity index (χ2n) is 6.22. The molecule has 5 nitrogen and oxygen atoms in total. The van der Waals surface area contributed by atoms with Crippen LogP contribution in [0, 0.1) is 0 Å². The number of carbonyl (C=O) groups is 1. The number of amides is 1. The van der Waals surface area contributed by atoms with Gasteiger partial charge in [0, 0.05) is 16.8 Å². The van der Waals surface area contributed by atoms with E-state index in [4.69, 9.17) is 37.1 Å². The molecule has 0 spiro atoms. The van der Waals surface area contributed by atoms with Crippen LogP contribution in [0.4, 0.5) is 5.69 Å². The first-order valence-electron chi connectivity index (χ1n) is 8.71. The quantitative estimate of drug-likeness (QED) is 0.394. The van der Waals surface area contributed by atoms with Crippen LogP contribution < -0.4 is 5.32 Å². The Labute approximate surface area is 176 Å². The second kappa shape index (κ2) is 8.17. The zero-order chi connectivity index (χ0) is 20.4. The fourth-order valence-electron chi connectivity index (χ4n) is 2.83. The van der Waals surface area contributed by atoms with Gasteiger partial charge in [-0.3, -0.25) is 4.79 Å². The van der Waals surface area contributed by atoms with E-state index in [0.29, 0.717) is 38.6 Å². The van der Waals surface area contributed by atoms with Gasteiger partial charge < -0.3 is 19.3 Å². The number of halogens is 2. The zero-order valence-electron chi connectivity index (χ0n) is 15.0. The molecular weight excluding hydrogens is 413 g/mol. The summed E-state index contributed by atoms with van der Waals surface area (Å²) >= 11 is 12.2. The Balaban J connectivity index is 1.48. The Morgan fingerprint density at radius 1 is 0.897 bits per heavy atom. The third-order valence-corrected chi connectivity index (χ3v) is 5.11. The van der Waals surface area contributed by atoms with E-state index in [2.05, 4.69) is 5.32 Å². The molecule has 0 saturated carbocycles. The van der Waals surface area contributed by atoms with Crippen molar-refractivity contribution >= 4 is 34.8 Å². The molecule has 0 saturated heterocycles. The number of aliphatic hydroxyl groups excluding tert-OH is 1. The first-order valence-corrected chi connectivity index (χ1v) is 9.46. The summed E-state index contributed by atoms with van der Waals surface area (Å²) in [7, 11) is 0. The molecule has 0 aliphatic heterocycles. The number of benzene rings is 2. The summed E-state index contributed by atoms with van der Waals surface area (Å²) in [5.74, 6) is 1.35. The molecule has 2 aromatic heterocycles. The molecule has 0 aliphatic rings. The Morgan fingerprint density at radius 2 is 1.66 bits per heavy atom. The van der Waals surface area contributed by atoms with Crippen LogP contribution in [-0.4, -0.2) is 11.0 Å². The molecule has 2 N–H and O–H groups in total. The van der Waals surface area contributed by atoms with Crippen molar-refractivity contribution in [3.8, 4) is 22.6 Å². The van der Waals surface area contributed by atoms with Crippen LogP contribution in [0.25, 0.3) is 22.6 Å². The highest BCUT2D eigenvalue weighted by Gasteiger charge is 2.15. The van der Waals surface area contributed by atoms with Crippen LogP contribution in [-0.2, 0) is 6.61 Å². The van der Waals surface area contributed by atoms with Gasteiger partial charge in [-0.05, 0) is 60.7 Å². The fourth-order valence-corrected chi connectivity index (χ4v) is 3.22. The molecule has 1 amide bonds. The van der Waals surface area contributed by atoms with Crippen LogP contribution in [0.15, 0.2) is 75.6 Å². The molecule has 2 heterocycles.